The van der Waals surface area contributed by atoms with E-state index in [0.717, 1.165) is 64.2 Å². The van der Waals surface area contributed by atoms with E-state index in [-0.39, 0.29) is 19.2 Å². The highest BCUT2D eigenvalue weighted by atomic mass is 16.6. The van der Waals surface area contributed by atoms with Crippen molar-refractivity contribution in [1.29, 1.82) is 0 Å². The predicted molar refractivity (Wildman–Crippen MR) is 172 cm³/mol. The van der Waals surface area contributed by atoms with Gasteiger partial charge in [-0.2, -0.15) is 0 Å². The lowest BCUT2D eigenvalue weighted by Crippen LogP contribution is -2.27. The van der Waals surface area contributed by atoms with Gasteiger partial charge in [-0.05, 0) is 64.2 Å². The highest BCUT2D eigenvalue weighted by molar-refractivity contribution is 5.69. The Morgan fingerprint density at radius 2 is 1.12 bits per heavy atom. The molecule has 0 aliphatic rings. The summed E-state index contributed by atoms with van der Waals surface area (Å²) in [6.45, 7) is 5.13. The van der Waals surface area contributed by atoms with E-state index in [1.54, 1.807) is 0 Å². The van der Waals surface area contributed by atoms with Gasteiger partial charge in [0.15, 0.2) is 0 Å². The van der Waals surface area contributed by atoms with Gasteiger partial charge in [-0.15, -0.1) is 0 Å². The molecule has 0 spiro atoms. The van der Waals surface area contributed by atoms with Crippen molar-refractivity contribution in [3.63, 3.8) is 0 Å². The second-order valence-corrected chi connectivity index (χ2v) is 10.2. The van der Waals surface area contributed by atoms with Gasteiger partial charge < -0.3 is 14.6 Å². The average Bonchev–Trinajstić information content (AvgIpc) is 2.96. The van der Waals surface area contributed by atoms with E-state index in [1.807, 2.05) is 0 Å². The molecule has 0 aromatic carbocycles. The summed E-state index contributed by atoms with van der Waals surface area (Å²) in [5.41, 5.74) is 0. The largest absolute Gasteiger partial charge is 0.457 e. The van der Waals surface area contributed by atoms with Gasteiger partial charge in [-0.25, -0.2) is 0 Å². The van der Waals surface area contributed by atoms with E-state index >= 15 is 0 Å². The molecule has 0 saturated heterocycles. The molecule has 0 fully saturated rings. The second-order valence-electron chi connectivity index (χ2n) is 10.2. The summed E-state index contributed by atoms with van der Waals surface area (Å²) in [5, 5.41) is 9.46. The first-order valence-electron chi connectivity index (χ1n) is 16.0. The minimum atomic E-state index is -0.555. The fraction of sp³-hybridized carbons (Fsp3) is 0.639. The highest BCUT2D eigenvalue weighted by Gasteiger charge is 2.13. The molecular formula is C36H60O4. The molecule has 0 amide bonds. The maximum atomic E-state index is 12.0. The van der Waals surface area contributed by atoms with Gasteiger partial charge in [0.1, 0.15) is 6.10 Å². The minimum absolute atomic E-state index is 0.193. The van der Waals surface area contributed by atoms with Gasteiger partial charge in [-0.3, -0.25) is 4.79 Å². The molecule has 1 N–H and O–H groups in total. The van der Waals surface area contributed by atoms with Gasteiger partial charge in [0.25, 0.3) is 0 Å². The van der Waals surface area contributed by atoms with Crippen LogP contribution < -0.4 is 0 Å². The number of allylic oxidation sites excluding steroid dienone is 12. The first-order valence-corrected chi connectivity index (χ1v) is 16.0. The molecule has 0 aromatic rings. The summed E-state index contributed by atoms with van der Waals surface area (Å²) in [5.74, 6) is -0.249. The first kappa shape index (κ1) is 37.8. The van der Waals surface area contributed by atoms with E-state index in [2.05, 4.69) is 86.8 Å². The van der Waals surface area contributed by atoms with E-state index in [1.165, 1.54) is 38.5 Å². The molecule has 1 unspecified atom stereocenters. The summed E-state index contributed by atoms with van der Waals surface area (Å²) < 4.78 is 11.0. The molecule has 0 heterocycles. The van der Waals surface area contributed by atoms with Gasteiger partial charge in [0.05, 0.1) is 13.2 Å². The Bertz CT molecular complexity index is 714. The molecule has 0 bridgehead atoms. The minimum Gasteiger partial charge on any atom is -0.457 e. The number of aliphatic hydroxyl groups excluding tert-OH is 1. The van der Waals surface area contributed by atoms with Crippen molar-refractivity contribution in [2.45, 2.75) is 129 Å². The van der Waals surface area contributed by atoms with E-state index in [0.29, 0.717) is 13.0 Å². The molecule has 0 rings (SSSR count). The Balaban J connectivity index is 3.64. The Hall–Kier alpha value is -2.17. The number of hydrogen-bond donors (Lipinski definition) is 1. The van der Waals surface area contributed by atoms with Crippen LogP contribution in [0.2, 0.25) is 0 Å². The van der Waals surface area contributed by atoms with Crippen LogP contribution in [0.5, 0.6) is 0 Å². The van der Waals surface area contributed by atoms with Gasteiger partial charge in [-0.1, -0.05) is 125 Å². The second kappa shape index (κ2) is 33.0. The van der Waals surface area contributed by atoms with Crippen LogP contribution in [0.15, 0.2) is 72.9 Å². The van der Waals surface area contributed by atoms with Crippen LogP contribution in [-0.4, -0.2) is 37.0 Å². The van der Waals surface area contributed by atoms with Crippen molar-refractivity contribution in [3.8, 4) is 0 Å². The quantitative estimate of drug-likeness (QED) is 0.0592. The predicted octanol–water partition coefficient (Wildman–Crippen LogP) is 9.92. The molecule has 0 saturated carbocycles. The number of carbonyl (C=O) groups is 1. The zero-order chi connectivity index (χ0) is 29.2. The van der Waals surface area contributed by atoms with Crippen molar-refractivity contribution in [3.05, 3.63) is 72.9 Å². The summed E-state index contributed by atoms with van der Waals surface area (Å²) in [6.07, 6.45) is 43.7. The number of unbranched alkanes of at least 4 members (excludes halogenated alkanes) is 8. The Morgan fingerprint density at radius 1 is 0.625 bits per heavy atom. The summed E-state index contributed by atoms with van der Waals surface area (Å²) in [4.78, 5) is 12.0. The van der Waals surface area contributed by atoms with E-state index < -0.39 is 6.10 Å². The lowest BCUT2D eigenvalue weighted by molar-refractivity contribution is -0.154. The monoisotopic (exact) mass is 556 g/mol. The van der Waals surface area contributed by atoms with Crippen LogP contribution >= 0.6 is 0 Å². The third-order valence-corrected chi connectivity index (χ3v) is 6.30. The average molecular weight is 557 g/mol. The Labute approximate surface area is 247 Å². The molecule has 228 valence electrons. The number of rotatable bonds is 28. The van der Waals surface area contributed by atoms with Crippen molar-refractivity contribution in [2.24, 2.45) is 0 Å². The standard InChI is InChI=1S/C36H60O4/c1-3-5-7-9-11-12-13-14-15-16-17-18-19-20-21-22-23-24-25-27-29-31-36(38)40-35(33-37)34-39-32-30-28-26-10-8-6-4-2/h5,7,11-12,14-15,17-18,20-21,23-24,35,37H,3-4,6,8-10,13,16,19,22,25-34H2,1-2H3/b7-5-,12-11-,15-14-,18-17-,21-20-,24-23-. The lowest BCUT2D eigenvalue weighted by atomic mass is 10.1. The van der Waals surface area contributed by atoms with Crippen molar-refractivity contribution in [2.75, 3.05) is 19.8 Å². The third kappa shape index (κ3) is 30.4. The normalized spacial score (nSPS) is 13.4. The molecule has 1 atom stereocenters. The van der Waals surface area contributed by atoms with Crippen molar-refractivity contribution in [1.82, 2.24) is 0 Å². The Kier molecular flexibility index (Phi) is 31.2. The maximum Gasteiger partial charge on any atom is 0.306 e. The molecule has 0 aliphatic carbocycles. The molecule has 40 heavy (non-hydrogen) atoms. The molecule has 0 aliphatic heterocycles. The first-order chi connectivity index (χ1) is 19.7. The van der Waals surface area contributed by atoms with Crippen LogP contribution in [0.1, 0.15) is 123 Å². The van der Waals surface area contributed by atoms with Crippen LogP contribution in [-0.2, 0) is 14.3 Å². The highest BCUT2D eigenvalue weighted by Crippen LogP contribution is 2.08. The number of carbonyl (C=O) groups excluding carboxylic acids is 1. The zero-order valence-electron chi connectivity index (χ0n) is 25.8. The molecule has 4 nitrogen and oxygen atoms in total. The lowest BCUT2D eigenvalue weighted by Gasteiger charge is -2.15. The number of hydrogen-bond acceptors (Lipinski definition) is 4. The SMILES string of the molecule is CC/C=C\C/C=C\C/C=C\C/C=C\C/C=C\C/C=C\CCCCC(=O)OC(CO)COCCCCCCCCC. The number of ether oxygens (including phenoxy) is 2. The molecule has 0 aromatic heterocycles. The van der Waals surface area contributed by atoms with Gasteiger partial charge in [0, 0.05) is 13.0 Å². The molecule has 4 heteroatoms. The number of aliphatic hydroxyl groups is 1. The third-order valence-electron chi connectivity index (χ3n) is 6.30. The van der Waals surface area contributed by atoms with Crippen LogP contribution in [0.25, 0.3) is 0 Å². The van der Waals surface area contributed by atoms with Gasteiger partial charge >= 0.3 is 5.97 Å². The zero-order valence-corrected chi connectivity index (χ0v) is 25.8. The fourth-order valence-corrected chi connectivity index (χ4v) is 3.92. The fourth-order valence-electron chi connectivity index (χ4n) is 3.92. The van der Waals surface area contributed by atoms with Gasteiger partial charge in [0.2, 0.25) is 0 Å². The Morgan fingerprint density at radius 3 is 1.65 bits per heavy atom. The molecule has 0 radical (unpaired) electrons. The van der Waals surface area contributed by atoms with Crippen molar-refractivity contribution >= 4 is 5.97 Å². The number of esters is 1. The smallest absolute Gasteiger partial charge is 0.306 e. The topological polar surface area (TPSA) is 55.8 Å². The van der Waals surface area contributed by atoms with Crippen LogP contribution in [0, 0.1) is 0 Å². The summed E-state index contributed by atoms with van der Waals surface area (Å²) in [7, 11) is 0. The summed E-state index contributed by atoms with van der Waals surface area (Å²) in [6, 6.07) is 0. The van der Waals surface area contributed by atoms with E-state index in [9.17, 15) is 9.90 Å². The maximum absolute atomic E-state index is 12.0. The van der Waals surface area contributed by atoms with E-state index in [4.69, 9.17) is 9.47 Å². The van der Waals surface area contributed by atoms with Crippen molar-refractivity contribution < 1.29 is 19.4 Å². The summed E-state index contributed by atoms with van der Waals surface area (Å²) >= 11 is 0. The molecular weight excluding hydrogens is 496 g/mol. The van der Waals surface area contributed by atoms with Crippen LogP contribution in [0.3, 0.4) is 0 Å². The van der Waals surface area contributed by atoms with Crippen LogP contribution in [0.4, 0.5) is 0 Å².